The standard InChI is InChI=1S/C16H17N3S/c1-19(2)14-10-8-13(9-11-14)16-18-17-15(20-16)12-6-4-3-5-7-12/h3-11,16,18H,1-2H3/t16-/m0/s1. The van der Waals surface area contributed by atoms with E-state index in [1.807, 2.05) is 32.3 Å². The molecule has 4 heteroatoms. The van der Waals surface area contributed by atoms with Crippen molar-refractivity contribution < 1.29 is 0 Å². The maximum absolute atomic E-state index is 4.44. The quantitative estimate of drug-likeness (QED) is 0.935. The lowest BCUT2D eigenvalue weighted by atomic mass is 10.2. The fourth-order valence-electron chi connectivity index (χ4n) is 2.08. The van der Waals surface area contributed by atoms with Crippen molar-refractivity contribution in [3.8, 4) is 0 Å². The van der Waals surface area contributed by atoms with E-state index in [1.165, 1.54) is 11.3 Å². The van der Waals surface area contributed by atoms with E-state index in [1.54, 1.807) is 11.8 Å². The van der Waals surface area contributed by atoms with Gasteiger partial charge in [0, 0.05) is 25.3 Å². The number of hydrogen-bond donors (Lipinski definition) is 1. The van der Waals surface area contributed by atoms with Gasteiger partial charge >= 0.3 is 0 Å². The lowest BCUT2D eigenvalue weighted by Crippen LogP contribution is -2.10. The average Bonchev–Trinajstić information content (AvgIpc) is 2.98. The third-order valence-electron chi connectivity index (χ3n) is 3.25. The second kappa shape index (κ2) is 5.59. The Morgan fingerprint density at radius 3 is 2.35 bits per heavy atom. The summed E-state index contributed by atoms with van der Waals surface area (Å²) in [5, 5.41) is 5.68. The van der Waals surface area contributed by atoms with Crippen molar-refractivity contribution in [1.29, 1.82) is 0 Å². The lowest BCUT2D eigenvalue weighted by Gasteiger charge is -2.14. The minimum absolute atomic E-state index is 0.196. The molecule has 1 aliphatic heterocycles. The minimum atomic E-state index is 0.196. The van der Waals surface area contributed by atoms with Crippen molar-refractivity contribution in [3.05, 3.63) is 65.7 Å². The summed E-state index contributed by atoms with van der Waals surface area (Å²) in [4.78, 5) is 2.10. The summed E-state index contributed by atoms with van der Waals surface area (Å²) in [6.07, 6.45) is 0. The summed E-state index contributed by atoms with van der Waals surface area (Å²) >= 11 is 1.76. The lowest BCUT2D eigenvalue weighted by molar-refractivity contribution is 0.744. The second-order valence-electron chi connectivity index (χ2n) is 4.90. The monoisotopic (exact) mass is 283 g/mol. The van der Waals surface area contributed by atoms with Crippen LogP contribution in [0.4, 0.5) is 5.69 Å². The number of nitrogens with zero attached hydrogens (tertiary/aromatic N) is 2. The zero-order chi connectivity index (χ0) is 13.9. The topological polar surface area (TPSA) is 27.6 Å². The number of hydrogen-bond acceptors (Lipinski definition) is 4. The van der Waals surface area contributed by atoms with E-state index < -0.39 is 0 Å². The largest absolute Gasteiger partial charge is 0.378 e. The first-order valence-corrected chi connectivity index (χ1v) is 7.44. The van der Waals surface area contributed by atoms with Crippen molar-refractivity contribution in [3.63, 3.8) is 0 Å². The van der Waals surface area contributed by atoms with Crippen molar-refractivity contribution in [2.75, 3.05) is 19.0 Å². The normalized spacial score (nSPS) is 17.5. The number of nitrogens with one attached hydrogen (secondary N) is 1. The molecule has 0 saturated heterocycles. The third kappa shape index (κ3) is 2.65. The van der Waals surface area contributed by atoms with Crippen LogP contribution in [0.2, 0.25) is 0 Å². The SMILES string of the molecule is CN(C)c1ccc([C@H]2NN=C(c3ccccc3)S2)cc1. The molecule has 0 radical (unpaired) electrons. The molecule has 102 valence electrons. The minimum Gasteiger partial charge on any atom is -0.378 e. The molecule has 1 atom stereocenters. The molecule has 1 heterocycles. The molecule has 1 aliphatic rings. The number of anilines is 1. The van der Waals surface area contributed by atoms with Gasteiger partial charge in [0.1, 0.15) is 10.4 Å². The molecule has 0 spiro atoms. The maximum atomic E-state index is 4.44. The Balaban J connectivity index is 1.73. The Morgan fingerprint density at radius 2 is 1.70 bits per heavy atom. The molecule has 2 aromatic rings. The Labute approximate surface area is 123 Å². The fraction of sp³-hybridized carbons (Fsp3) is 0.188. The summed E-state index contributed by atoms with van der Waals surface area (Å²) in [6.45, 7) is 0. The van der Waals surface area contributed by atoms with Gasteiger partial charge in [0.05, 0.1) is 0 Å². The summed E-state index contributed by atoms with van der Waals surface area (Å²) < 4.78 is 0. The van der Waals surface area contributed by atoms with Gasteiger partial charge in [-0.25, -0.2) is 0 Å². The van der Waals surface area contributed by atoms with Gasteiger partial charge in [0.15, 0.2) is 0 Å². The van der Waals surface area contributed by atoms with Crippen LogP contribution in [0.15, 0.2) is 59.7 Å². The highest BCUT2D eigenvalue weighted by Crippen LogP contribution is 2.34. The number of rotatable bonds is 3. The molecule has 0 aliphatic carbocycles. The highest BCUT2D eigenvalue weighted by atomic mass is 32.2. The molecule has 0 fully saturated rings. The van der Waals surface area contributed by atoms with Gasteiger partial charge in [0.25, 0.3) is 0 Å². The zero-order valence-electron chi connectivity index (χ0n) is 11.6. The van der Waals surface area contributed by atoms with E-state index in [9.17, 15) is 0 Å². The first-order chi connectivity index (χ1) is 9.74. The first-order valence-electron chi connectivity index (χ1n) is 6.56. The molecular weight excluding hydrogens is 266 g/mol. The Morgan fingerprint density at radius 1 is 1.00 bits per heavy atom. The Kier molecular flexibility index (Phi) is 3.65. The molecule has 2 aromatic carbocycles. The Hall–Kier alpha value is -1.94. The second-order valence-corrected chi connectivity index (χ2v) is 5.99. The van der Waals surface area contributed by atoms with Crippen molar-refractivity contribution >= 4 is 22.5 Å². The third-order valence-corrected chi connectivity index (χ3v) is 4.41. The van der Waals surface area contributed by atoms with Crippen molar-refractivity contribution in [2.24, 2.45) is 5.10 Å². The van der Waals surface area contributed by atoms with Gasteiger partial charge in [-0.05, 0) is 17.7 Å². The molecule has 1 N–H and O–H groups in total. The van der Waals surface area contributed by atoms with Crippen LogP contribution in [0.25, 0.3) is 0 Å². The predicted octanol–water partition coefficient (Wildman–Crippen LogP) is 3.45. The fourth-order valence-corrected chi connectivity index (χ4v) is 3.08. The van der Waals surface area contributed by atoms with Crippen molar-refractivity contribution in [2.45, 2.75) is 5.37 Å². The van der Waals surface area contributed by atoms with Gasteiger partial charge in [-0.3, -0.25) is 5.43 Å². The van der Waals surface area contributed by atoms with Crippen LogP contribution >= 0.6 is 11.8 Å². The van der Waals surface area contributed by atoms with Crippen LogP contribution in [0.5, 0.6) is 0 Å². The van der Waals surface area contributed by atoms with Crippen LogP contribution in [-0.2, 0) is 0 Å². The molecule has 0 saturated carbocycles. The molecule has 0 unspecified atom stereocenters. The van der Waals surface area contributed by atoms with E-state index in [-0.39, 0.29) is 5.37 Å². The van der Waals surface area contributed by atoms with E-state index in [2.05, 4.69) is 51.8 Å². The highest BCUT2D eigenvalue weighted by molar-refractivity contribution is 8.14. The molecule has 3 rings (SSSR count). The van der Waals surface area contributed by atoms with E-state index in [0.29, 0.717) is 0 Å². The summed E-state index contributed by atoms with van der Waals surface area (Å²) in [5.74, 6) is 0. The first kappa shape index (κ1) is 13.1. The molecule has 0 aromatic heterocycles. The van der Waals surface area contributed by atoms with Gasteiger partial charge in [0.2, 0.25) is 0 Å². The average molecular weight is 283 g/mol. The van der Waals surface area contributed by atoms with E-state index >= 15 is 0 Å². The summed E-state index contributed by atoms with van der Waals surface area (Å²) in [5.41, 5.74) is 6.83. The number of thioether (sulfide) groups is 1. The summed E-state index contributed by atoms with van der Waals surface area (Å²) in [6, 6.07) is 18.9. The number of benzene rings is 2. The molecular formula is C16H17N3S. The van der Waals surface area contributed by atoms with Crippen molar-refractivity contribution in [1.82, 2.24) is 5.43 Å². The smallest absolute Gasteiger partial charge is 0.126 e. The molecule has 3 nitrogen and oxygen atoms in total. The highest BCUT2D eigenvalue weighted by Gasteiger charge is 2.21. The van der Waals surface area contributed by atoms with Crippen LogP contribution < -0.4 is 10.3 Å². The summed E-state index contributed by atoms with van der Waals surface area (Å²) in [7, 11) is 4.10. The molecule has 0 amide bonds. The predicted molar refractivity (Wildman–Crippen MR) is 87.2 cm³/mol. The maximum Gasteiger partial charge on any atom is 0.126 e. The molecule has 0 bridgehead atoms. The van der Waals surface area contributed by atoms with E-state index in [4.69, 9.17) is 0 Å². The zero-order valence-corrected chi connectivity index (χ0v) is 12.4. The number of hydrazone groups is 1. The van der Waals surface area contributed by atoms with Gasteiger partial charge in [-0.1, -0.05) is 54.2 Å². The van der Waals surface area contributed by atoms with Crippen LogP contribution in [-0.4, -0.2) is 19.1 Å². The van der Waals surface area contributed by atoms with Gasteiger partial charge < -0.3 is 4.90 Å². The van der Waals surface area contributed by atoms with Gasteiger partial charge in [-0.15, -0.1) is 0 Å². The van der Waals surface area contributed by atoms with E-state index in [0.717, 1.165) is 10.6 Å². The van der Waals surface area contributed by atoms with Crippen LogP contribution in [0.1, 0.15) is 16.5 Å². The van der Waals surface area contributed by atoms with Gasteiger partial charge in [-0.2, -0.15) is 5.10 Å². The molecule has 20 heavy (non-hydrogen) atoms. The van der Waals surface area contributed by atoms with Crippen LogP contribution in [0.3, 0.4) is 0 Å². The van der Waals surface area contributed by atoms with Crippen LogP contribution in [0, 0.1) is 0 Å². The Bertz CT molecular complexity index is 605.